The summed E-state index contributed by atoms with van der Waals surface area (Å²) < 4.78 is 46.6. The minimum absolute atomic E-state index is 0.0442. The minimum Gasteiger partial charge on any atom is -0.481 e. The third-order valence-corrected chi connectivity index (χ3v) is 7.66. The number of fused-ring (bicyclic) bond motifs is 1. The molecule has 7 nitrogen and oxygen atoms in total. The van der Waals surface area contributed by atoms with Gasteiger partial charge >= 0.3 is 0 Å². The van der Waals surface area contributed by atoms with Crippen LogP contribution >= 0.6 is 0 Å². The number of ether oxygens (including phenoxy) is 1. The van der Waals surface area contributed by atoms with Crippen molar-refractivity contribution in [3.05, 3.63) is 114 Å². The van der Waals surface area contributed by atoms with Gasteiger partial charge in [-0.3, -0.25) is 4.79 Å². The van der Waals surface area contributed by atoms with Crippen molar-refractivity contribution >= 4 is 26.8 Å². The van der Waals surface area contributed by atoms with Gasteiger partial charge in [0.05, 0.1) is 17.5 Å². The molecule has 0 fully saturated rings. The SMILES string of the molecule is COc1ccc(-c2cn(S(=O)(=O)c3ccc(C(=O)NCc4ccc(F)cc4)cc3)c3ccccc23)cn1. The van der Waals surface area contributed by atoms with Crippen LogP contribution in [0, 0.1) is 5.82 Å². The molecule has 0 spiro atoms. The first-order valence-corrected chi connectivity index (χ1v) is 12.8. The second kappa shape index (κ2) is 9.87. The summed E-state index contributed by atoms with van der Waals surface area (Å²) in [6.45, 7) is 0.220. The zero-order valence-electron chi connectivity index (χ0n) is 19.8. The van der Waals surface area contributed by atoms with E-state index in [9.17, 15) is 17.6 Å². The first-order valence-electron chi connectivity index (χ1n) is 11.4. The van der Waals surface area contributed by atoms with E-state index < -0.39 is 10.0 Å². The second-order valence-corrected chi connectivity index (χ2v) is 10.1. The van der Waals surface area contributed by atoms with Crippen LogP contribution in [0.3, 0.4) is 0 Å². The Morgan fingerprint density at radius 2 is 1.70 bits per heavy atom. The number of amides is 1. The van der Waals surface area contributed by atoms with Crippen LogP contribution < -0.4 is 10.1 Å². The van der Waals surface area contributed by atoms with Gasteiger partial charge in [-0.15, -0.1) is 0 Å². The minimum atomic E-state index is -3.96. The predicted molar refractivity (Wildman–Crippen MR) is 138 cm³/mol. The quantitative estimate of drug-likeness (QED) is 0.329. The van der Waals surface area contributed by atoms with E-state index in [1.807, 2.05) is 18.2 Å². The van der Waals surface area contributed by atoms with Crippen LogP contribution in [0.25, 0.3) is 22.0 Å². The van der Waals surface area contributed by atoms with Crippen molar-refractivity contribution in [2.24, 2.45) is 0 Å². The number of hydrogen-bond donors (Lipinski definition) is 1. The number of nitrogens with one attached hydrogen (secondary N) is 1. The number of aromatic nitrogens is 2. The zero-order chi connectivity index (χ0) is 26.0. The summed E-state index contributed by atoms with van der Waals surface area (Å²) in [4.78, 5) is 16.8. The Hall–Kier alpha value is -4.50. The molecule has 2 aromatic heterocycles. The van der Waals surface area contributed by atoms with Crippen LogP contribution in [0.1, 0.15) is 15.9 Å². The van der Waals surface area contributed by atoms with E-state index >= 15 is 0 Å². The van der Waals surface area contributed by atoms with Crippen LogP contribution in [0.5, 0.6) is 5.88 Å². The van der Waals surface area contributed by atoms with Crippen molar-refractivity contribution < 1.29 is 22.3 Å². The number of hydrogen-bond acceptors (Lipinski definition) is 5. The van der Waals surface area contributed by atoms with Gasteiger partial charge in [0.2, 0.25) is 5.88 Å². The standard InChI is InChI=1S/C28H22FN3O4S/c1-36-27-15-10-21(17-30-27)25-18-32(26-5-3-2-4-24(25)26)37(34,35)23-13-8-20(9-14-23)28(33)31-16-19-6-11-22(29)12-7-19/h2-15,17-18H,16H2,1H3,(H,31,33). The molecule has 1 amide bonds. The van der Waals surface area contributed by atoms with Crippen LogP contribution in [0.2, 0.25) is 0 Å². The van der Waals surface area contributed by atoms with Crippen molar-refractivity contribution in [1.82, 2.24) is 14.3 Å². The molecule has 0 atom stereocenters. The van der Waals surface area contributed by atoms with Gasteiger partial charge in [-0.1, -0.05) is 30.3 Å². The third kappa shape index (κ3) is 4.81. The van der Waals surface area contributed by atoms with Crippen LogP contribution in [-0.2, 0) is 16.6 Å². The first-order chi connectivity index (χ1) is 17.9. The van der Waals surface area contributed by atoms with Gasteiger partial charge in [-0.05, 0) is 54.1 Å². The van der Waals surface area contributed by atoms with E-state index in [4.69, 9.17) is 4.74 Å². The molecule has 0 saturated carbocycles. The van der Waals surface area contributed by atoms with E-state index in [1.54, 1.807) is 42.7 Å². The smallest absolute Gasteiger partial charge is 0.268 e. The fourth-order valence-corrected chi connectivity index (χ4v) is 5.39. The van der Waals surface area contributed by atoms with E-state index in [-0.39, 0.29) is 23.2 Å². The average Bonchev–Trinajstić information content (AvgIpc) is 3.33. The molecule has 1 N–H and O–H groups in total. The number of rotatable bonds is 7. The summed E-state index contributed by atoms with van der Waals surface area (Å²) in [7, 11) is -2.43. The van der Waals surface area contributed by atoms with E-state index in [0.717, 1.165) is 16.5 Å². The van der Waals surface area contributed by atoms with Crippen molar-refractivity contribution in [2.45, 2.75) is 11.4 Å². The lowest BCUT2D eigenvalue weighted by atomic mass is 10.1. The number of halogens is 1. The number of methoxy groups -OCH3 is 1. The van der Waals surface area contributed by atoms with Crippen molar-refractivity contribution in [3.8, 4) is 17.0 Å². The molecule has 2 heterocycles. The summed E-state index contributed by atoms with van der Waals surface area (Å²) in [5.74, 6) is -0.258. The van der Waals surface area contributed by atoms with Crippen LogP contribution in [0.15, 0.2) is 102 Å². The molecule has 186 valence electrons. The molecule has 3 aromatic carbocycles. The summed E-state index contributed by atoms with van der Waals surface area (Å²) in [5.41, 5.74) is 3.04. The topological polar surface area (TPSA) is 90.3 Å². The van der Waals surface area contributed by atoms with Gasteiger partial charge in [0.25, 0.3) is 15.9 Å². The third-order valence-electron chi connectivity index (χ3n) is 5.97. The normalized spacial score (nSPS) is 11.4. The van der Waals surface area contributed by atoms with E-state index in [1.165, 1.54) is 47.5 Å². The molecule has 9 heteroatoms. The molecular formula is C28H22FN3O4S. The molecule has 0 aliphatic rings. The van der Waals surface area contributed by atoms with Gasteiger partial charge in [0, 0.05) is 47.1 Å². The Balaban J connectivity index is 1.42. The molecule has 0 radical (unpaired) electrons. The molecule has 37 heavy (non-hydrogen) atoms. The summed E-state index contributed by atoms with van der Waals surface area (Å²) in [6.07, 6.45) is 3.21. The lowest BCUT2D eigenvalue weighted by Gasteiger charge is -2.09. The second-order valence-electron chi connectivity index (χ2n) is 8.28. The number of carbonyl (C=O) groups is 1. The number of carbonyl (C=O) groups excluding carboxylic acids is 1. The Morgan fingerprint density at radius 1 is 0.973 bits per heavy atom. The summed E-state index contributed by atoms with van der Waals surface area (Å²) in [6, 6.07) is 22.3. The maximum atomic E-state index is 13.6. The maximum Gasteiger partial charge on any atom is 0.268 e. The predicted octanol–water partition coefficient (Wildman–Crippen LogP) is 5.02. The number of benzene rings is 3. The van der Waals surface area contributed by atoms with Gasteiger partial charge in [0.1, 0.15) is 5.82 Å². The Labute approximate surface area is 213 Å². The Kier molecular flexibility index (Phi) is 6.45. The number of para-hydroxylation sites is 1. The van der Waals surface area contributed by atoms with Gasteiger partial charge < -0.3 is 10.1 Å². The highest BCUT2D eigenvalue weighted by Gasteiger charge is 2.22. The highest BCUT2D eigenvalue weighted by atomic mass is 32.2. The van der Waals surface area contributed by atoms with Gasteiger partial charge in [-0.25, -0.2) is 21.8 Å². The lowest BCUT2D eigenvalue weighted by molar-refractivity contribution is 0.0951. The highest BCUT2D eigenvalue weighted by Crippen LogP contribution is 2.33. The molecule has 0 unspecified atom stereocenters. The maximum absolute atomic E-state index is 13.6. The summed E-state index contributed by atoms with van der Waals surface area (Å²) >= 11 is 0. The van der Waals surface area contributed by atoms with Crippen LogP contribution in [0.4, 0.5) is 4.39 Å². The fraction of sp³-hybridized carbons (Fsp3) is 0.0714. The molecular weight excluding hydrogens is 493 g/mol. The lowest BCUT2D eigenvalue weighted by Crippen LogP contribution is -2.22. The number of nitrogens with zero attached hydrogens (tertiary/aromatic N) is 2. The van der Waals surface area contributed by atoms with E-state index in [2.05, 4.69) is 10.3 Å². The number of pyridine rings is 1. The van der Waals surface area contributed by atoms with Crippen molar-refractivity contribution in [3.63, 3.8) is 0 Å². The Morgan fingerprint density at radius 3 is 2.38 bits per heavy atom. The summed E-state index contributed by atoms with van der Waals surface area (Å²) in [5, 5.41) is 3.51. The molecule has 5 aromatic rings. The molecule has 0 bridgehead atoms. The first kappa shape index (κ1) is 24.2. The fourth-order valence-electron chi connectivity index (χ4n) is 4.02. The van der Waals surface area contributed by atoms with Crippen molar-refractivity contribution in [2.75, 3.05) is 7.11 Å². The molecule has 0 aliphatic carbocycles. The van der Waals surface area contributed by atoms with Crippen molar-refractivity contribution in [1.29, 1.82) is 0 Å². The largest absolute Gasteiger partial charge is 0.481 e. The average molecular weight is 516 g/mol. The van der Waals surface area contributed by atoms with E-state index in [0.29, 0.717) is 22.5 Å². The van der Waals surface area contributed by atoms with Crippen LogP contribution in [-0.4, -0.2) is 30.4 Å². The molecule has 0 saturated heterocycles. The van der Waals surface area contributed by atoms with Gasteiger partial charge in [0.15, 0.2) is 0 Å². The molecule has 0 aliphatic heterocycles. The molecule has 5 rings (SSSR count). The van der Waals surface area contributed by atoms with Gasteiger partial charge in [-0.2, -0.15) is 0 Å². The Bertz CT molecular complexity index is 1680. The monoisotopic (exact) mass is 515 g/mol. The highest BCUT2D eigenvalue weighted by molar-refractivity contribution is 7.90. The zero-order valence-corrected chi connectivity index (χ0v) is 20.6.